The van der Waals surface area contributed by atoms with E-state index in [1.165, 1.54) is 0 Å². The number of nitrogens with one attached hydrogen (secondary N) is 2. The zero-order valence-corrected chi connectivity index (χ0v) is 11.6. The number of hydrogen-bond acceptors (Lipinski definition) is 4. The van der Waals surface area contributed by atoms with Crippen LogP contribution in [0.25, 0.3) is 0 Å². The van der Waals surface area contributed by atoms with Crippen LogP contribution in [0.4, 0.5) is 4.79 Å². The van der Waals surface area contributed by atoms with Crippen molar-refractivity contribution < 1.29 is 24.3 Å². The van der Waals surface area contributed by atoms with E-state index in [0.29, 0.717) is 13.1 Å². The van der Waals surface area contributed by atoms with Crippen molar-refractivity contribution in [2.45, 2.75) is 31.7 Å². The molecule has 0 saturated carbocycles. The number of nitrogens with two attached hydrogens (primary N) is 1. The summed E-state index contributed by atoms with van der Waals surface area (Å²) in [5.41, 5.74) is 4.89. The fourth-order valence-corrected chi connectivity index (χ4v) is 2.02. The van der Waals surface area contributed by atoms with Crippen molar-refractivity contribution in [2.24, 2.45) is 5.73 Å². The van der Waals surface area contributed by atoms with Crippen LogP contribution in [0, 0.1) is 0 Å². The minimum atomic E-state index is -1.41. The molecule has 9 heteroatoms. The zero-order chi connectivity index (χ0) is 15.8. The number of primary amides is 1. The summed E-state index contributed by atoms with van der Waals surface area (Å²) in [6.45, 7) is 1.12. The minimum absolute atomic E-state index is 0.214. The second-order valence-corrected chi connectivity index (χ2v) is 4.83. The molecule has 1 saturated heterocycles. The highest BCUT2D eigenvalue weighted by atomic mass is 16.4. The van der Waals surface area contributed by atoms with E-state index in [4.69, 9.17) is 10.8 Å². The number of amides is 4. The lowest BCUT2D eigenvalue weighted by Crippen LogP contribution is -2.50. The lowest BCUT2D eigenvalue weighted by atomic mass is 10.1. The summed E-state index contributed by atoms with van der Waals surface area (Å²) in [7, 11) is 0. The van der Waals surface area contributed by atoms with Gasteiger partial charge >= 0.3 is 12.0 Å². The van der Waals surface area contributed by atoms with Gasteiger partial charge in [0.15, 0.2) is 0 Å². The predicted octanol–water partition coefficient (Wildman–Crippen LogP) is -1.37. The van der Waals surface area contributed by atoms with Gasteiger partial charge in [0.05, 0.1) is 13.0 Å². The number of rotatable bonds is 6. The number of carbonyl (C=O) groups excluding carboxylic acids is 3. The van der Waals surface area contributed by atoms with Gasteiger partial charge in [-0.05, 0) is 19.3 Å². The molecule has 0 aromatic rings. The molecule has 1 aliphatic heterocycles. The molecular formula is C12H20N4O5. The molecular weight excluding hydrogens is 280 g/mol. The van der Waals surface area contributed by atoms with Crippen molar-refractivity contribution in [3.05, 3.63) is 0 Å². The van der Waals surface area contributed by atoms with E-state index in [1.54, 1.807) is 4.90 Å². The molecule has 1 fully saturated rings. The van der Waals surface area contributed by atoms with Crippen LogP contribution in [0.2, 0.25) is 0 Å². The van der Waals surface area contributed by atoms with E-state index in [1.807, 2.05) is 0 Å². The lowest BCUT2D eigenvalue weighted by molar-refractivity contribution is -0.140. The highest BCUT2D eigenvalue weighted by molar-refractivity contribution is 5.89. The Morgan fingerprint density at radius 1 is 1.14 bits per heavy atom. The van der Waals surface area contributed by atoms with Crippen LogP contribution in [-0.4, -0.2) is 59.5 Å². The van der Waals surface area contributed by atoms with Gasteiger partial charge in [-0.25, -0.2) is 9.59 Å². The summed E-state index contributed by atoms with van der Waals surface area (Å²) < 4.78 is 0. The number of piperidine rings is 1. The van der Waals surface area contributed by atoms with Crippen molar-refractivity contribution in [3.8, 4) is 0 Å². The highest BCUT2D eigenvalue weighted by Gasteiger charge is 2.23. The Hall–Kier alpha value is -2.32. The number of likely N-dealkylation sites (tertiary alicyclic amines) is 1. The summed E-state index contributed by atoms with van der Waals surface area (Å²) in [6.07, 6.45) is 2.46. The summed E-state index contributed by atoms with van der Waals surface area (Å²) in [6, 6.07) is -2.23. The average Bonchev–Trinajstić information content (AvgIpc) is 2.44. The molecule has 0 aromatic carbocycles. The van der Waals surface area contributed by atoms with Crippen molar-refractivity contribution in [2.75, 3.05) is 19.6 Å². The van der Waals surface area contributed by atoms with E-state index < -0.39 is 30.4 Å². The van der Waals surface area contributed by atoms with Crippen LogP contribution in [0.1, 0.15) is 25.7 Å². The number of hydrogen-bond donors (Lipinski definition) is 4. The summed E-state index contributed by atoms with van der Waals surface area (Å²) >= 11 is 0. The maximum Gasteiger partial charge on any atom is 0.326 e. The van der Waals surface area contributed by atoms with Crippen LogP contribution >= 0.6 is 0 Å². The second-order valence-electron chi connectivity index (χ2n) is 4.83. The zero-order valence-electron chi connectivity index (χ0n) is 11.6. The number of carboxylic acid groups (broad SMARTS) is 1. The highest BCUT2D eigenvalue weighted by Crippen LogP contribution is 2.08. The third-order valence-corrected chi connectivity index (χ3v) is 3.12. The molecule has 0 radical (unpaired) electrons. The Balaban J connectivity index is 2.36. The van der Waals surface area contributed by atoms with Gasteiger partial charge in [-0.3, -0.25) is 9.59 Å². The Labute approximate surface area is 121 Å². The Morgan fingerprint density at radius 2 is 1.76 bits per heavy atom. The van der Waals surface area contributed by atoms with Crippen LogP contribution in [-0.2, 0) is 14.4 Å². The third kappa shape index (κ3) is 6.11. The Kier molecular flexibility index (Phi) is 6.44. The molecule has 1 heterocycles. The van der Waals surface area contributed by atoms with Crippen molar-refractivity contribution in [1.82, 2.24) is 15.5 Å². The van der Waals surface area contributed by atoms with Gasteiger partial charge in [-0.15, -0.1) is 0 Å². The fraction of sp³-hybridized carbons (Fsp3) is 0.667. The van der Waals surface area contributed by atoms with Crippen LogP contribution < -0.4 is 16.4 Å². The van der Waals surface area contributed by atoms with Crippen molar-refractivity contribution in [3.63, 3.8) is 0 Å². The first-order valence-corrected chi connectivity index (χ1v) is 6.73. The fourth-order valence-electron chi connectivity index (χ4n) is 2.02. The largest absolute Gasteiger partial charge is 0.480 e. The Bertz CT molecular complexity index is 420. The number of carboxylic acids is 1. The van der Waals surface area contributed by atoms with Crippen LogP contribution in [0.3, 0.4) is 0 Å². The SMILES string of the molecule is NC(=O)C[C@@H](NC(=O)NCC(=O)N1CCCCC1)C(=O)O. The van der Waals surface area contributed by atoms with Gasteiger partial charge in [0.25, 0.3) is 0 Å². The molecule has 118 valence electrons. The maximum atomic E-state index is 11.8. The van der Waals surface area contributed by atoms with E-state index >= 15 is 0 Å². The van der Waals surface area contributed by atoms with Gasteiger partial charge < -0.3 is 26.4 Å². The first kappa shape index (κ1) is 16.7. The molecule has 5 N–H and O–H groups in total. The molecule has 1 rings (SSSR count). The topological polar surface area (TPSA) is 142 Å². The first-order valence-electron chi connectivity index (χ1n) is 6.73. The van der Waals surface area contributed by atoms with Gasteiger partial charge in [0, 0.05) is 13.1 Å². The van der Waals surface area contributed by atoms with Crippen LogP contribution in [0.15, 0.2) is 0 Å². The summed E-state index contributed by atoms with van der Waals surface area (Å²) in [5, 5.41) is 13.2. The molecule has 0 unspecified atom stereocenters. The van der Waals surface area contributed by atoms with Gasteiger partial charge in [0.2, 0.25) is 11.8 Å². The third-order valence-electron chi connectivity index (χ3n) is 3.12. The van der Waals surface area contributed by atoms with Gasteiger partial charge in [-0.2, -0.15) is 0 Å². The lowest BCUT2D eigenvalue weighted by Gasteiger charge is -2.26. The average molecular weight is 300 g/mol. The first-order chi connectivity index (χ1) is 9.90. The van der Waals surface area contributed by atoms with Crippen LogP contribution in [0.5, 0.6) is 0 Å². The predicted molar refractivity (Wildman–Crippen MR) is 72.2 cm³/mol. The molecule has 1 atom stereocenters. The smallest absolute Gasteiger partial charge is 0.326 e. The standard InChI is InChI=1S/C12H20N4O5/c13-9(17)6-8(11(19)20)15-12(21)14-7-10(18)16-4-2-1-3-5-16/h8H,1-7H2,(H2,13,17)(H,19,20)(H2,14,15,21)/t8-/m1/s1. The van der Waals surface area contributed by atoms with Crippen molar-refractivity contribution in [1.29, 1.82) is 0 Å². The molecule has 21 heavy (non-hydrogen) atoms. The number of aliphatic carboxylic acids is 1. The van der Waals surface area contributed by atoms with E-state index in [2.05, 4.69) is 10.6 Å². The molecule has 4 amide bonds. The van der Waals surface area contributed by atoms with Gasteiger partial charge in [-0.1, -0.05) is 0 Å². The van der Waals surface area contributed by atoms with Crippen molar-refractivity contribution >= 4 is 23.8 Å². The maximum absolute atomic E-state index is 11.8. The van der Waals surface area contributed by atoms with E-state index in [9.17, 15) is 19.2 Å². The molecule has 0 aliphatic carbocycles. The molecule has 0 bridgehead atoms. The number of carbonyl (C=O) groups is 4. The molecule has 9 nitrogen and oxygen atoms in total. The quantitative estimate of drug-likeness (QED) is 0.478. The number of urea groups is 1. The normalized spacial score (nSPS) is 15.9. The summed E-state index contributed by atoms with van der Waals surface area (Å²) in [5.74, 6) is -2.43. The summed E-state index contributed by atoms with van der Waals surface area (Å²) in [4.78, 5) is 46.5. The number of nitrogens with zero attached hydrogens (tertiary/aromatic N) is 1. The second kappa shape index (κ2) is 8.08. The van der Waals surface area contributed by atoms with E-state index in [0.717, 1.165) is 19.3 Å². The minimum Gasteiger partial charge on any atom is -0.480 e. The molecule has 0 spiro atoms. The molecule has 1 aliphatic rings. The van der Waals surface area contributed by atoms with E-state index in [-0.39, 0.29) is 12.5 Å². The Morgan fingerprint density at radius 3 is 2.29 bits per heavy atom. The molecule has 0 aromatic heterocycles. The monoisotopic (exact) mass is 300 g/mol. The van der Waals surface area contributed by atoms with Gasteiger partial charge in [0.1, 0.15) is 6.04 Å².